The number of carboxylic acid groups (broad SMARTS) is 1. The molecule has 0 spiro atoms. The maximum Gasteiger partial charge on any atom is 0.326 e. The molecule has 2 aromatic heterocycles. The van der Waals surface area contributed by atoms with Crippen LogP contribution >= 0.6 is 11.8 Å². The molecule has 0 saturated carbocycles. The van der Waals surface area contributed by atoms with Crippen molar-refractivity contribution in [3.8, 4) is 0 Å². The van der Waals surface area contributed by atoms with E-state index in [1.807, 2.05) is 30.5 Å². The summed E-state index contributed by atoms with van der Waals surface area (Å²) < 4.78 is 0. The third-order valence-corrected chi connectivity index (χ3v) is 6.68. The largest absolute Gasteiger partial charge is 0.480 e. The molecule has 0 aliphatic rings. The molecule has 0 radical (unpaired) electrons. The van der Waals surface area contributed by atoms with E-state index < -0.39 is 47.9 Å². The number of rotatable bonds is 14. The molecule has 2 heterocycles. The van der Waals surface area contributed by atoms with E-state index >= 15 is 0 Å². The molecule has 3 amide bonds. The topological polar surface area (TPSA) is 195 Å². The van der Waals surface area contributed by atoms with Crippen molar-refractivity contribution in [3.05, 3.63) is 54.2 Å². The maximum atomic E-state index is 13.3. The van der Waals surface area contributed by atoms with Crippen molar-refractivity contribution in [1.82, 2.24) is 30.9 Å². The van der Waals surface area contributed by atoms with Crippen LogP contribution in [-0.4, -0.2) is 79.9 Å². The zero-order chi connectivity index (χ0) is 27.7. The highest BCUT2D eigenvalue weighted by molar-refractivity contribution is 7.98. The van der Waals surface area contributed by atoms with Crippen LogP contribution in [0.3, 0.4) is 0 Å². The van der Waals surface area contributed by atoms with Crippen molar-refractivity contribution in [2.75, 3.05) is 12.0 Å². The SMILES string of the molecule is CSCCC(NC(=O)C(C)NC(=O)C(Cc1c[nH]c2ccccc12)NC(=O)C(N)Cc1cnc[nH]1)C(=O)O. The van der Waals surface area contributed by atoms with Gasteiger partial charge in [0.2, 0.25) is 17.7 Å². The van der Waals surface area contributed by atoms with Crippen LogP contribution in [0.25, 0.3) is 10.9 Å². The minimum absolute atomic E-state index is 0.137. The van der Waals surface area contributed by atoms with Crippen molar-refractivity contribution in [3.63, 3.8) is 0 Å². The molecule has 204 valence electrons. The Balaban J connectivity index is 1.72. The first-order chi connectivity index (χ1) is 18.2. The molecule has 3 aromatic rings. The zero-order valence-electron chi connectivity index (χ0n) is 21.2. The summed E-state index contributed by atoms with van der Waals surface area (Å²) in [7, 11) is 0. The number of thioether (sulfide) groups is 1. The van der Waals surface area contributed by atoms with Gasteiger partial charge in [0.15, 0.2) is 0 Å². The number of carboxylic acids is 1. The Hall–Kier alpha value is -3.84. The lowest BCUT2D eigenvalue weighted by Crippen LogP contribution is -2.57. The minimum atomic E-state index is -1.15. The summed E-state index contributed by atoms with van der Waals surface area (Å²) in [4.78, 5) is 60.3. The Bertz CT molecular complexity index is 1250. The molecule has 38 heavy (non-hydrogen) atoms. The van der Waals surface area contributed by atoms with Crippen LogP contribution in [0, 0.1) is 0 Å². The van der Waals surface area contributed by atoms with E-state index in [4.69, 9.17) is 5.73 Å². The van der Waals surface area contributed by atoms with Crippen molar-refractivity contribution >= 4 is 46.4 Å². The number of aromatic amines is 2. The lowest BCUT2D eigenvalue weighted by molar-refractivity contribution is -0.142. The maximum absolute atomic E-state index is 13.3. The van der Waals surface area contributed by atoms with Crippen molar-refractivity contribution < 1.29 is 24.3 Å². The molecule has 4 atom stereocenters. The molecule has 0 aliphatic heterocycles. The van der Waals surface area contributed by atoms with Crippen molar-refractivity contribution in [2.24, 2.45) is 5.73 Å². The number of imidazole rings is 1. The molecular weight excluding hydrogens is 510 g/mol. The van der Waals surface area contributed by atoms with Gasteiger partial charge >= 0.3 is 5.97 Å². The summed E-state index contributed by atoms with van der Waals surface area (Å²) in [5.41, 5.74) is 8.42. The van der Waals surface area contributed by atoms with Gasteiger partial charge in [-0.05, 0) is 37.0 Å². The van der Waals surface area contributed by atoms with Crippen LogP contribution in [0.1, 0.15) is 24.6 Å². The second kappa shape index (κ2) is 13.6. The molecule has 8 N–H and O–H groups in total. The minimum Gasteiger partial charge on any atom is -0.480 e. The number of fused-ring (bicyclic) bond motifs is 1. The molecule has 0 bridgehead atoms. The summed E-state index contributed by atoms with van der Waals surface area (Å²) in [6, 6.07) is 3.45. The summed E-state index contributed by atoms with van der Waals surface area (Å²) in [5.74, 6) is -2.38. The molecule has 0 fully saturated rings. The van der Waals surface area contributed by atoms with Gasteiger partial charge < -0.3 is 36.8 Å². The first-order valence-corrected chi connectivity index (χ1v) is 13.5. The van der Waals surface area contributed by atoms with Crippen LogP contribution in [0.4, 0.5) is 0 Å². The molecule has 3 rings (SSSR count). The molecule has 1 aromatic carbocycles. The molecule has 13 heteroatoms. The normalized spacial score (nSPS) is 14.3. The van der Waals surface area contributed by atoms with Gasteiger partial charge in [0.1, 0.15) is 18.1 Å². The fourth-order valence-electron chi connectivity index (χ4n) is 3.90. The van der Waals surface area contributed by atoms with Crippen LogP contribution in [-0.2, 0) is 32.0 Å². The third kappa shape index (κ3) is 7.83. The van der Waals surface area contributed by atoms with E-state index in [1.54, 1.807) is 12.4 Å². The smallest absolute Gasteiger partial charge is 0.326 e. The highest BCUT2D eigenvalue weighted by Gasteiger charge is 2.29. The van der Waals surface area contributed by atoms with Gasteiger partial charge in [-0.25, -0.2) is 9.78 Å². The second-order valence-corrected chi connectivity index (χ2v) is 9.91. The second-order valence-electron chi connectivity index (χ2n) is 8.92. The van der Waals surface area contributed by atoms with Gasteiger partial charge in [0.05, 0.1) is 12.4 Å². The molecule has 0 saturated heterocycles. The van der Waals surface area contributed by atoms with E-state index in [-0.39, 0.29) is 19.3 Å². The number of nitrogens with one attached hydrogen (secondary N) is 5. The zero-order valence-corrected chi connectivity index (χ0v) is 22.0. The van der Waals surface area contributed by atoms with Crippen LogP contribution in [0.15, 0.2) is 43.0 Å². The number of aliphatic carboxylic acids is 1. The third-order valence-electron chi connectivity index (χ3n) is 6.04. The summed E-state index contributed by atoms with van der Waals surface area (Å²) >= 11 is 1.47. The number of nitrogens with two attached hydrogens (primary N) is 1. The number of hydrogen-bond donors (Lipinski definition) is 7. The van der Waals surface area contributed by atoms with Gasteiger partial charge in [-0.3, -0.25) is 14.4 Å². The Morgan fingerprint density at radius 1 is 1.03 bits per heavy atom. The molecule has 4 unspecified atom stereocenters. The summed E-state index contributed by atoms with van der Waals surface area (Å²) in [5, 5.41) is 18.1. The number of H-pyrrole nitrogens is 2. The van der Waals surface area contributed by atoms with Crippen LogP contribution < -0.4 is 21.7 Å². The quantitative estimate of drug-likeness (QED) is 0.151. The van der Waals surface area contributed by atoms with Gasteiger partial charge in [-0.2, -0.15) is 11.8 Å². The average molecular weight is 544 g/mol. The number of nitrogens with zero attached hydrogens (tertiary/aromatic N) is 1. The Kier molecular flexibility index (Phi) is 10.3. The first-order valence-electron chi connectivity index (χ1n) is 12.1. The molecule has 0 aliphatic carbocycles. The van der Waals surface area contributed by atoms with E-state index in [2.05, 4.69) is 30.9 Å². The summed E-state index contributed by atoms with van der Waals surface area (Å²) in [6.45, 7) is 1.45. The van der Waals surface area contributed by atoms with Gasteiger partial charge in [-0.1, -0.05) is 18.2 Å². The first kappa shape index (κ1) is 28.7. The van der Waals surface area contributed by atoms with E-state index in [0.717, 1.165) is 16.5 Å². The number of carbonyl (C=O) groups is 4. The fraction of sp³-hybridized carbons (Fsp3) is 0.400. The predicted molar refractivity (Wildman–Crippen MR) is 144 cm³/mol. The average Bonchev–Trinajstić information content (AvgIpc) is 3.55. The number of carbonyl (C=O) groups excluding carboxylic acids is 3. The standard InChI is InChI=1S/C25H33N7O5S/c1-14(22(33)31-20(25(36)37)7-8-38-2)30-24(35)21(9-15-11-28-19-6-4-3-5-17(15)19)32-23(34)18(26)10-16-12-27-13-29-16/h3-6,11-14,18,20-21,28H,7-10,26H2,1-2H3,(H,27,29)(H,30,35)(H,31,33)(H,32,34)(H,36,37). The highest BCUT2D eigenvalue weighted by Crippen LogP contribution is 2.19. The van der Waals surface area contributed by atoms with Crippen LogP contribution in [0.5, 0.6) is 0 Å². The number of benzene rings is 1. The van der Waals surface area contributed by atoms with E-state index in [0.29, 0.717) is 11.4 Å². The number of para-hydroxylation sites is 1. The summed E-state index contributed by atoms with van der Waals surface area (Å²) in [6.07, 6.45) is 7.23. The fourth-order valence-corrected chi connectivity index (χ4v) is 4.38. The lowest BCUT2D eigenvalue weighted by Gasteiger charge is -2.23. The Labute approximate surface area is 223 Å². The number of hydrogen-bond acceptors (Lipinski definition) is 7. The Morgan fingerprint density at radius 2 is 1.76 bits per heavy atom. The predicted octanol–water partition coefficient (Wildman–Crippen LogP) is 0.316. The van der Waals surface area contributed by atoms with Crippen LogP contribution in [0.2, 0.25) is 0 Å². The monoisotopic (exact) mass is 543 g/mol. The van der Waals surface area contributed by atoms with Gasteiger partial charge in [-0.15, -0.1) is 0 Å². The molecule has 12 nitrogen and oxygen atoms in total. The highest BCUT2D eigenvalue weighted by atomic mass is 32.2. The van der Waals surface area contributed by atoms with Crippen molar-refractivity contribution in [2.45, 2.75) is 50.4 Å². The molecular formula is C25H33N7O5S. The number of amides is 3. The van der Waals surface area contributed by atoms with Gasteiger partial charge in [0.25, 0.3) is 0 Å². The lowest BCUT2D eigenvalue weighted by atomic mass is 10.0. The van der Waals surface area contributed by atoms with E-state index in [9.17, 15) is 24.3 Å². The van der Waals surface area contributed by atoms with E-state index in [1.165, 1.54) is 25.0 Å². The van der Waals surface area contributed by atoms with Gasteiger partial charge in [0, 0.05) is 41.8 Å². The number of aromatic nitrogens is 3. The van der Waals surface area contributed by atoms with Crippen molar-refractivity contribution in [1.29, 1.82) is 0 Å². The Morgan fingerprint density at radius 3 is 2.45 bits per heavy atom.